The molecule has 1 aliphatic rings. The summed E-state index contributed by atoms with van der Waals surface area (Å²) in [6.45, 7) is 1.25. The van der Waals surface area contributed by atoms with Gasteiger partial charge in [-0.2, -0.15) is 0 Å². The predicted octanol–water partition coefficient (Wildman–Crippen LogP) is -2.60. The molecule has 1 atom stereocenters. The quantitative estimate of drug-likeness (QED) is 0.202. The first-order chi connectivity index (χ1) is 4.80. The van der Waals surface area contributed by atoms with Crippen LogP contribution in [0.25, 0.3) is 0 Å². The Morgan fingerprint density at radius 2 is 1.64 bits per heavy atom. The summed E-state index contributed by atoms with van der Waals surface area (Å²) in [5.41, 5.74) is 12.3. The Balaban J connectivity index is 3.15. The molecule has 1 heterocycles. The third kappa shape index (κ3) is 0.770. The predicted molar refractivity (Wildman–Crippen MR) is 34.8 cm³/mol. The molecule has 1 fully saturated rings. The van der Waals surface area contributed by atoms with Gasteiger partial charge in [0.05, 0.1) is 0 Å². The van der Waals surface area contributed by atoms with Crippen LogP contribution in [0.3, 0.4) is 0 Å². The van der Waals surface area contributed by atoms with E-state index in [0.717, 1.165) is 0 Å². The van der Waals surface area contributed by atoms with Crippen LogP contribution >= 0.6 is 0 Å². The first kappa shape index (κ1) is 8.12. The van der Waals surface area contributed by atoms with Crippen molar-refractivity contribution in [2.75, 3.05) is 0 Å². The summed E-state index contributed by atoms with van der Waals surface area (Å²) in [5, 5.41) is 0. The van der Waals surface area contributed by atoms with E-state index in [0.29, 0.717) is 0 Å². The molecule has 6 nitrogen and oxygen atoms in total. The fourth-order valence-corrected chi connectivity index (χ4v) is 0.656. The Kier molecular flexibility index (Phi) is 1.32. The van der Waals surface area contributed by atoms with Crippen LogP contribution in [0, 0.1) is 0 Å². The molecule has 0 aromatic carbocycles. The average Bonchev–Trinajstić information content (AvgIpc) is 1.95. The van der Waals surface area contributed by atoms with Crippen molar-refractivity contribution in [1.29, 1.82) is 0 Å². The van der Waals surface area contributed by atoms with Crippen LogP contribution in [0.5, 0.6) is 0 Å². The van der Waals surface area contributed by atoms with Crippen molar-refractivity contribution in [3.63, 3.8) is 0 Å². The lowest BCUT2D eigenvalue weighted by molar-refractivity contribution is -0.154. The van der Waals surface area contributed by atoms with E-state index in [9.17, 15) is 9.59 Å². The molecule has 0 amide bonds. The SMILES string of the molecule is C[C@@]1(N)C(=O)OC(=O)C1(N)N. The van der Waals surface area contributed by atoms with Gasteiger partial charge in [-0.25, -0.2) is 9.59 Å². The van der Waals surface area contributed by atoms with Gasteiger partial charge in [-0.05, 0) is 6.92 Å². The second-order valence-corrected chi connectivity index (χ2v) is 2.75. The topological polar surface area (TPSA) is 121 Å². The highest BCUT2D eigenvalue weighted by molar-refractivity contribution is 6.06. The highest BCUT2D eigenvalue weighted by Crippen LogP contribution is 2.22. The number of esters is 2. The Bertz CT molecular complexity index is 209. The molecule has 6 heteroatoms. The molecular weight excluding hydrogens is 150 g/mol. The zero-order valence-corrected chi connectivity index (χ0v) is 5.96. The molecule has 0 aliphatic carbocycles. The van der Waals surface area contributed by atoms with Gasteiger partial charge < -0.3 is 21.9 Å². The second-order valence-electron chi connectivity index (χ2n) is 2.75. The molecule has 1 saturated heterocycles. The van der Waals surface area contributed by atoms with Crippen LogP contribution in [-0.2, 0) is 14.3 Å². The van der Waals surface area contributed by atoms with Gasteiger partial charge in [-0.15, -0.1) is 0 Å². The molecule has 6 N–H and O–H groups in total. The van der Waals surface area contributed by atoms with Crippen LogP contribution in [-0.4, -0.2) is 23.1 Å². The van der Waals surface area contributed by atoms with E-state index in [1.165, 1.54) is 6.92 Å². The van der Waals surface area contributed by atoms with Crippen molar-refractivity contribution in [3.8, 4) is 0 Å². The van der Waals surface area contributed by atoms with Crippen molar-refractivity contribution >= 4 is 11.9 Å². The standard InChI is InChI=1S/C5H9N3O3/c1-4(6)2(9)11-3(10)5(4,7)8/h6-8H2,1H3/t4-/m1/s1. The molecule has 1 rings (SSSR count). The number of hydrogen-bond donors (Lipinski definition) is 3. The zero-order valence-electron chi connectivity index (χ0n) is 5.96. The molecule has 0 radical (unpaired) electrons. The van der Waals surface area contributed by atoms with Gasteiger partial charge in [0.15, 0.2) is 11.2 Å². The maximum atomic E-state index is 10.8. The number of carbonyl (C=O) groups is 2. The van der Waals surface area contributed by atoms with E-state index in [2.05, 4.69) is 4.74 Å². The molecular formula is C5H9N3O3. The van der Waals surface area contributed by atoms with Gasteiger partial charge in [0.25, 0.3) is 0 Å². The minimum Gasteiger partial charge on any atom is -0.389 e. The number of nitrogens with two attached hydrogens (primary N) is 3. The summed E-state index contributed by atoms with van der Waals surface area (Å²) in [7, 11) is 0. The van der Waals surface area contributed by atoms with E-state index in [-0.39, 0.29) is 0 Å². The molecule has 0 aromatic heterocycles. The van der Waals surface area contributed by atoms with E-state index in [4.69, 9.17) is 17.2 Å². The summed E-state index contributed by atoms with van der Waals surface area (Å²) < 4.78 is 4.14. The van der Waals surface area contributed by atoms with Gasteiger partial charge >= 0.3 is 11.9 Å². The Morgan fingerprint density at radius 3 is 1.73 bits per heavy atom. The Hall–Kier alpha value is -0.980. The maximum Gasteiger partial charge on any atom is 0.351 e. The highest BCUT2D eigenvalue weighted by Gasteiger charge is 2.60. The molecule has 0 saturated carbocycles. The van der Waals surface area contributed by atoms with Crippen LogP contribution < -0.4 is 17.2 Å². The fourth-order valence-electron chi connectivity index (χ4n) is 0.656. The van der Waals surface area contributed by atoms with Crippen molar-refractivity contribution in [2.24, 2.45) is 17.2 Å². The van der Waals surface area contributed by atoms with E-state index >= 15 is 0 Å². The zero-order chi connectivity index (χ0) is 8.86. The lowest BCUT2D eigenvalue weighted by atomic mass is 9.91. The third-order valence-electron chi connectivity index (χ3n) is 1.81. The van der Waals surface area contributed by atoms with Crippen LogP contribution in [0.4, 0.5) is 0 Å². The van der Waals surface area contributed by atoms with Crippen molar-refractivity contribution in [1.82, 2.24) is 0 Å². The Labute approximate surface area is 62.6 Å². The molecule has 0 bridgehead atoms. The number of hydrogen-bond acceptors (Lipinski definition) is 6. The van der Waals surface area contributed by atoms with Crippen molar-refractivity contribution < 1.29 is 14.3 Å². The smallest absolute Gasteiger partial charge is 0.351 e. The van der Waals surface area contributed by atoms with Gasteiger partial charge in [-0.3, -0.25) is 0 Å². The summed E-state index contributed by atoms with van der Waals surface area (Å²) >= 11 is 0. The minimum absolute atomic E-state index is 0.896. The summed E-state index contributed by atoms with van der Waals surface area (Å²) in [6, 6.07) is 0. The van der Waals surface area contributed by atoms with Gasteiger partial charge in [0, 0.05) is 0 Å². The molecule has 0 aromatic rings. The monoisotopic (exact) mass is 159 g/mol. The van der Waals surface area contributed by atoms with Gasteiger partial charge in [0.2, 0.25) is 0 Å². The van der Waals surface area contributed by atoms with Crippen molar-refractivity contribution in [3.05, 3.63) is 0 Å². The lowest BCUT2D eigenvalue weighted by Crippen LogP contribution is -2.72. The number of ether oxygens (including phenoxy) is 1. The molecule has 0 unspecified atom stereocenters. The highest BCUT2D eigenvalue weighted by atomic mass is 16.6. The molecule has 0 spiro atoms. The first-order valence-electron chi connectivity index (χ1n) is 2.93. The lowest BCUT2D eigenvalue weighted by Gasteiger charge is -2.25. The molecule has 11 heavy (non-hydrogen) atoms. The van der Waals surface area contributed by atoms with E-state index in [1.807, 2.05) is 0 Å². The number of rotatable bonds is 0. The maximum absolute atomic E-state index is 10.8. The third-order valence-corrected chi connectivity index (χ3v) is 1.81. The van der Waals surface area contributed by atoms with Crippen molar-refractivity contribution in [2.45, 2.75) is 18.1 Å². The average molecular weight is 159 g/mol. The molecule has 1 aliphatic heterocycles. The second kappa shape index (κ2) is 1.79. The van der Waals surface area contributed by atoms with E-state index in [1.54, 1.807) is 0 Å². The van der Waals surface area contributed by atoms with Gasteiger partial charge in [0.1, 0.15) is 0 Å². The van der Waals surface area contributed by atoms with Crippen LogP contribution in [0.2, 0.25) is 0 Å². The van der Waals surface area contributed by atoms with Crippen LogP contribution in [0.15, 0.2) is 0 Å². The normalized spacial score (nSPS) is 35.6. The summed E-state index contributed by atoms with van der Waals surface area (Å²) in [6.07, 6.45) is 0. The number of carbonyl (C=O) groups excluding carboxylic acids is 2. The summed E-state index contributed by atoms with van der Waals surface area (Å²) in [5.74, 6) is -1.89. The fraction of sp³-hybridized carbons (Fsp3) is 0.600. The summed E-state index contributed by atoms with van der Waals surface area (Å²) in [4.78, 5) is 21.5. The minimum atomic E-state index is -1.91. The largest absolute Gasteiger partial charge is 0.389 e. The molecule has 62 valence electrons. The van der Waals surface area contributed by atoms with Crippen LogP contribution in [0.1, 0.15) is 6.92 Å². The van der Waals surface area contributed by atoms with Gasteiger partial charge in [-0.1, -0.05) is 0 Å². The Morgan fingerprint density at radius 1 is 1.18 bits per heavy atom. The first-order valence-corrected chi connectivity index (χ1v) is 2.93. The van der Waals surface area contributed by atoms with E-state index < -0.39 is 23.1 Å². The number of cyclic esters (lactones) is 2.